The molecule has 0 radical (unpaired) electrons. The highest BCUT2D eigenvalue weighted by Crippen LogP contribution is 2.24. The van der Waals surface area contributed by atoms with Crippen molar-refractivity contribution < 1.29 is 14.5 Å². The topological polar surface area (TPSA) is 105 Å². The third kappa shape index (κ3) is 4.92. The van der Waals surface area contributed by atoms with Crippen molar-refractivity contribution in [3.05, 3.63) is 69.8 Å². The Balaban J connectivity index is 2.17. The zero-order valence-electron chi connectivity index (χ0n) is 14.1. The van der Waals surface area contributed by atoms with Gasteiger partial charge in [0.1, 0.15) is 23.1 Å². The number of nitrogens with one attached hydrogen (secondary N) is 1. The van der Waals surface area contributed by atoms with Gasteiger partial charge >= 0.3 is 0 Å². The second-order valence-electron chi connectivity index (χ2n) is 5.32. The van der Waals surface area contributed by atoms with E-state index in [-0.39, 0.29) is 16.9 Å². The number of hydrogen-bond acceptors (Lipinski definition) is 5. The van der Waals surface area contributed by atoms with Crippen LogP contribution in [0.15, 0.2) is 54.1 Å². The van der Waals surface area contributed by atoms with Crippen molar-refractivity contribution >= 4 is 23.4 Å². The lowest BCUT2D eigenvalue weighted by Gasteiger charge is -2.06. The summed E-state index contributed by atoms with van der Waals surface area (Å²) in [4.78, 5) is 22.7. The van der Waals surface area contributed by atoms with Crippen LogP contribution in [0.4, 0.5) is 11.4 Å². The first-order valence-corrected chi connectivity index (χ1v) is 7.94. The van der Waals surface area contributed by atoms with Gasteiger partial charge in [0.15, 0.2) is 0 Å². The van der Waals surface area contributed by atoms with E-state index < -0.39 is 10.8 Å². The third-order valence-corrected chi connectivity index (χ3v) is 3.38. The molecule has 0 aliphatic carbocycles. The standard InChI is InChI=1S/C19H17N3O4/c1-2-11-26-16-9-7-14(8-10-16)12-15(13-20)19(23)21-17-5-3-4-6-18(17)22(24)25/h3-10,12H,2,11H2,1H3,(H,21,23)/b15-12+. The van der Waals surface area contributed by atoms with Crippen LogP contribution in [0.3, 0.4) is 0 Å². The molecule has 1 amide bonds. The Bertz CT molecular complexity index is 867. The van der Waals surface area contributed by atoms with Crippen molar-refractivity contribution in [3.8, 4) is 11.8 Å². The van der Waals surface area contributed by atoms with Gasteiger partial charge in [0.2, 0.25) is 0 Å². The monoisotopic (exact) mass is 351 g/mol. The number of anilines is 1. The maximum Gasteiger partial charge on any atom is 0.292 e. The van der Waals surface area contributed by atoms with Gasteiger partial charge in [-0.25, -0.2) is 0 Å². The van der Waals surface area contributed by atoms with Crippen LogP contribution in [-0.4, -0.2) is 17.4 Å². The maximum absolute atomic E-state index is 12.3. The lowest BCUT2D eigenvalue weighted by atomic mass is 10.1. The number of nitro groups is 1. The highest BCUT2D eigenvalue weighted by molar-refractivity contribution is 6.10. The van der Waals surface area contributed by atoms with Gasteiger partial charge < -0.3 is 10.1 Å². The Morgan fingerprint density at radius 1 is 1.27 bits per heavy atom. The Morgan fingerprint density at radius 2 is 1.96 bits per heavy atom. The number of para-hydroxylation sites is 2. The van der Waals surface area contributed by atoms with E-state index in [4.69, 9.17) is 4.74 Å². The molecule has 0 unspecified atom stereocenters. The van der Waals surface area contributed by atoms with Gasteiger partial charge in [-0.05, 0) is 36.3 Å². The summed E-state index contributed by atoms with van der Waals surface area (Å²) in [5, 5.41) is 22.7. The van der Waals surface area contributed by atoms with Crippen molar-refractivity contribution in [1.82, 2.24) is 0 Å². The number of carbonyl (C=O) groups excluding carboxylic acids is 1. The summed E-state index contributed by atoms with van der Waals surface area (Å²) in [6.07, 6.45) is 2.31. The van der Waals surface area contributed by atoms with Crippen molar-refractivity contribution in [3.63, 3.8) is 0 Å². The van der Waals surface area contributed by atoms with Crippen LogP contribution in [0.1, 0.15) is 18.9 Å². The molecule has 0 saturated heterocycles. The summed E-state index contributed by atoms with van der Waals surface area (Å²) in [6, 6.07) is 14.5. The van der Waals surface area contributed by atoms with Gasteiger partial charge in [-0.1, -0.05) is 31.2 Å². The third-order valence-electron chi connectivity index (χ3n) is 3.38. The number of carbonyl (C=O) groups is 1. The van der Waals surface area contributed by atoms with Crippen molar-refractivity contribution in [2.75, 3.05) is 11.9 Å². The molecule has 2 rings (SSSR count). The Morgan fingerprint density at radius 3 is 2.58 bits per heavy atom. The van der Waals surface area contributed by atoms with Gasteiger partial charge in [0, 0.05) is 6.07 Å². The molecule has 0 heterocycles. The molecule has 0 spiro atoms. The number of nitro benzene ring substituents is 1. The Kier molecular flexibility index (Phi) is 6.46. The fraction of sp³-hybridized carbons (Fsp3) is 0.158. The zero-order chi connectivity index (χ0) is 18.9. The van der Waals surface area contributed by atoms with Gasteiger partial charge in [-0.2, -0.15) is 5.26 Å². The second-order valence-corrected chi connectivity index (χ2v) is 5.32. The van der Waals surface area contributed by atoms with Crippen LogP contribution in [0.2, 0.25) is 0 Å². The molecule has 0 atom stereocenters. The minimum atomic E-state index is -0.715. The fourth-order valence-corrected chi connectivity index (χ4v) is 2.12. The molecule has 2 aromatic carbocycles. The molecule has 0 aliphatic heterocycles. The van der Waals surface area contributed by atoms with Gasteiger partial charge in [-0.3, -0.25) is 14.9 Å². The second kappa shape index (κ2) is 8.99. The minimum Gasteiger partial charge on any atom is -0.494 e. The molecule has 7 heteroatoms. The largest absolute Gasteiger partial charge is 0.494 e. The molecular weight excluding hydrogens is 334 g/mol. The predicted octanol–water partition coefficient (Wildman–Crippen LogP) is 3.93. The number of hydrogen-bond donors (Lipinski definition) is 1. The quantitative estimate of drug-likeness (QED) is 0.352. The molecule has 0 aliphatic rings. The SMILES string of the molecule is CCCOc1ccc(/C=C(\C#N)C(=O)Nc2ccccc2[N+](=O)[O-])cc1. The zero-order valence-corrected chi connectivity index (χ0v) is 14.1. The van der Waals surface area contributed by atoms with Crippen LogP contribution in [0.5, 0.6) is 5.75 Å². The van der Waals surface area contributed by atoms with Crippen LogP contribution >= 0.6 is 0 Å². The number of nitriles is 1. The van der Waals surface area contributed by atoms with Gasteiger partial charge in [-0.15, -0.1) is 0 Å². The maximum atomic E-state index is 12.3. The molecule has 1 N–H and O–H groups in total. The molecule has 7 nitrogen and oxygen atoms in total. The summed E-state index contributed by atoms with van der Waals surface area (Å²) in [7, 11) is 0. The molecule has 0 fully saturated rings. The van der Waals surface area contributed by atoms with Crippen molar-refractivity contribution in [2.24, 2.45) is 0 Å². The first kappa shape index (κ1) is 18.7. The smallest absolute Gasteiger partial charge is 0.292 e. The number of nitrogens with zero attached hydrogens (tertiary/aromatic N) is 2. The first-order valence-electron chi connectivity index (χ1n) is 7.94. The van der Waals surface area contributed by atoms with Crippen LogP contribution in [0.25, 0.3) is 6.08 Å². The number of amides is 1. The number of ether oxygens (including phenoxy) is 1. The van der Waals surface area contributed by atoms with Crippen LogP contribution < -0.4 is 10.1 Å². The average Bonchev–Trinajstić information content (AvgIpc) is 2.65. The molecule has 26 heavy (non-hydrogen) atoms. The fourth-order valence-electron chi connectivity index (χ4n) is 2.12. The Hall–Kier alpha value is -3.66. The van der Waals surface area contributed by atoms with E-state index >= 15 is 0 Å². The van der Waals surface area contributed by atoms with Crippen molar-refractivity contribution in [1.29, 1.82) is 5.26 Å². The lowest BCUT2D eigenvalue weighted by molar-refractivity contribution is -0.383. The molecule has 2 aromatic rings. The van der Waals surface area contributed by atoms with Crippen LogP contribution in [0, 0.1) is 21.4 Å². The molecular formula is C19H17N3O4. The van der Waals surface area contributed by atoms with E-state index in [1.807, 2.05) is 13.0 Å². The van der Waals surface area contributed by atoms with Crippen molar-refractivity contribution in [2.45, 2.75) is 13.3 Å². The normalized spacial score (nSPS) is 10.7. The summed E-state index contributed by atoms with van der Waals surface area (Å²) < 4.78 is 5.47. The summed E-state index contributed by atoms with van der Waals surface area (Å²) in [6.45, 7) is 2.61. The highest BCUT2D eigenvalue weighted by atomic mass is 16.6. The van der Waals surface area contributed by atoms with E-state index in [2.05, 4.69) is 5.32 Å². The molecule has 132 valence electrons. The number of rotatable bonds is 7. The summed E-state index contributed by atoms with van der Waals surface area (Å²) in [5.74, 6) is -0.0139. The van der Waals surface area contributed by atoms with Gasteiger partial charge in [0.05, 0.1) is 11.5 Å². The lowest BCUT2D eigenvalue weighted by Crippen LogP contribution is -2.14. The highest BCUT2D eigenvalue weighted by Gasteiger charge is 2.17. The van der Waals surface area contributed by atoms with Gasteiger partial charge in [0.25, 0.3) is 11.6 Å². The van der Waals surface area contributed by atoms with E-state index in [0.29, 0.717) is 17.9 Å². The first-order chi connectivity index (χ1) is 12.5. The summed E-state index contributed by atoms with van der Waals surface area (Å²) >= 11 is 0. The molecule has 0 saturated carbocycles. The van der Waals surface area contributed by atoms with E-state index in [1.165, 1.54) is 24.3 Å². The van der Waals surface area contributed by atoms with E-state index in [9.17, 15) is 20.2 Å². The minimum absolute atomic E-state index is 0.0342. The average molecular weight is 351 g/mol. The van der Waals surface area contributed by atoms with E-state index in [1.54, 1.807) is 30.3 Å². The van der Waals surface area contributed by atoms with E-state index in [0.717, 1.165) is 6.42 Å². The molecule has 0 aromatic heterocycles. The molecule has 0 bridgehead atoms. The Labute approximate surface area is 150 Å². The van der Waals surface area contributed by atoms with Crippen LogP contribution in [-0.2, 0) is 4.79 Å². The summed E-state index contributed by atoms with van der Waals surface area (Å²) in [5.41, 5.74) is 0.274. The predicted molar refractivity (Wildman–Crippen MR) is 97.5 cm³/mol. The number of benzene rings is 2.